The van der Waals surface area contributed by atoms with Crippen molar-refractivity contribution >= 4 is 40.9 Å². The second kappa shape index (κ2) is 67.8. The number of halogens is 6. The first kappa shape index (κ1) is 137. The van der Waals surface area contributed by atoms with E-state index in [4.69, 9.17) is 36.8 Å². The molecule has 6 aliphatic heterocycles. The molecule has 856 valence electrons. The lowest BCUT2D eigenvalue weighted by atomic mass is 9.69. The highest BCUT2D eigenvalue weighted by Gasteiger charge is 2.42. The zero-order valence-electron chi connectivity index (χ0n) is 99.5. The molecule has 149 heavy (non-hydrogen) atoms. The second-order valence-electron chi connectivity index (χ2n) is 53.7. The van der Waals surface area contributed by atoms with Gasteiger partial charge in [0.25, 0.3) is 0 Å². The van der Waals surface area contributed by atoms with E-state index in [2.05, 4.69) is 196 Å². The van der Waals surface area contributed by atoms with Crippen LogP contribution in [0.15, 0.2) is 5.38 Å². The Hall–Kier alpha value is -6.11. The summed E-state index contributed by atoms with van der Waals surface area (Å²) in [6.07, 6.45) is 33.7. The summed E-state index contributed by atoms with van der Waals surface area (Å²) in [6, 6.07) is 11.6. The van der Waals surface area contributed by atoms with E-state index < -0.39 is 35.1 Å². The Morgan fingerprint density at radius 1 is 0.436 bits per heavy atom. The molecule has 0 spiro atoms. The molecule has 2 N–H and O–H groups in total. The number of amides is 4. The number of hydrogen-bond acceptors (Lipinski definition) is 16. The summed E-state index contributed by atoms with van der Waals surface area (Å²) < 4.78 is 79.1. The number of likely N-dealkylation sites (N-methyl/N-ethyl adjacent to an activating group) is 1. The highest BCUT2D eigenvalue weighted by molar-refractivity contribution is 7.09. The van der Waals surface area contributed by atoms with Crippen LogP contribution in [0.2, 0.25) is 0 Å². The fourth-order valence-corrected chi connectivity index (χ4v) is 24.4. The van der Waals surface area contributed by atoms with Gasteiger partial charge in [0, 0.05) is 95.5 Å². The molecule has 4 amide bonds. The summed E-state index contributed by atoms with van der Waals surface area (Å²) in [6.45, 7) is 71.0. The van der Waals surface area contributed by atoms with Crippen molar-refractivity contribution in [1.82, 2.24) is 34.4 Å². The Morgan fingerprint density at radius 3 is 1.26 bits per heavy atom. The average molecular weight is 2120 g/mol. The predicted molar refractivity (Wildman–Crippen MR) is 598 cm³/mol. The van der Waals surface area contributed by atoms with Crippen molar-refractivity contribution in [3.63, 3.8) is 0 Å². The van der Waals surface area contributed by atoms with Crippen LogP contribution in [-0.4, -0.2) is 167 Å². The minimum absolute atomic E-state index is 0.00199. The van der Waals surface area contributed by atoms with Crippen molar-refractivity contribution in [3.8, 4) is 30.3 Å². The van der Waals surface area contributed by atoms with Gasteiger partial charge in [-0.3, -0.25) is 33.8 Å². The number of hydrogen-bond donors (Lipinski definition) is 1. The molecule has 19 nitrogen and oxygen atoms in total. The first-order valence-corrected chi connectivity index (χ1v) is 59.8. The van der Waals surface area contributed by atoms with Gasteiger partial charge in [0.1, 0.15) is 23.9 Å². The number of nitriles is 5. The minimum Gasteiger partial charge on any atom is -0.460 e. The fourth-order valence-electron chi connectivity index (χ4n) is 23.8. The number of ether oxygens (including phenoxy) is 1. The van der Waals surface area contributed by atoms with Gasteiger partial charge in [0.15, 0.2) is 5.01 Å². The van der Waals surface area contributed by atoms with Gasteiger partial charge in [0.05, 0.1) is 42.1 Å². The van der Waals surface area contributed by atoms with Crippen LogP contribution in [0.5, 0.6) is 0 Å². The first-order valence-electron chi connectivity index (χ1n) is 58.9. The van der Waals surface area contributed by atoms with E-state index in [1.165, 1.54) is 158 Å². The smallest absolute Gasteiger partial charge is 0.443 e. The van der Waals surface area contributed by atoms with Crippen LogP contribution in [0.4, 0.5) is 26.3 Å². The number of esters is 1. The maximum atomic E-state index is 12.5. The summed E-state index contributed by atoms with van der Waals surface area (Å²) in [7, 11) is 2.08. The fraction of sp³-hybridized carbons (Fsp3) is 0.894. The molecule has 6 saturated heterocycles. The molecule has 11 fully saturated rings. The molecule has 7 heterocycles. The molecule has 6 unspecified atom stereocenters. The van der Waals surface area contributed by atoms with E-state index in [0.717, 1.165) is 213 Å². The molecule has 0 radical (unpaired) electrons. The maximum absolute atomic E-state index is 12.5. The number of nitrogens with two attached hydrogens (primary N) is 1. The van der Waals surface area contributed by atoms with E-state index >= 15 is 0 Å². The zero-order chi connectivity index (χ0) is 113. The Kier molecular flexibility index (Phi) is 62.3. The third-order valence-electron chi connectivity index (χ3n) is 34.8. The lowest BCUT2D eigenvalue weighted by Crippen LogP contribution is -2.47. The number of rotatable bonds is 21. The molecule has 11 aliphatic rings. The molecule has 1 aromatic heterocycles. The average Bonchev–Trinajstić information content (AvgIpc) is 1.61. The number of unbranched alkanes of at least 4 members (excludes halogenated alkanes) is 2. The van der Waals surface area contributed by atoms with Gasteiger partial charge in [-0.05, 0) is 389 Å². The SMILES string of the molecule is CC(C)(C)C1CCC(CCCC#N)C1.CC(C)(C)C1CCCC(C#N)C1.CC(C)(C)C1CCN(Cc2csc(C(F)(F)F)n2)CC1.CC(C)C1CCC(CC(=O)OC(C)(C)C)CC1.CC(C)C1CCC(CCCC#N)CC1.CC(C)C1CCC(N)C1.CC(C)C1CCN(C(=O)[C@@H]2CCCN2C)CC1.CC(C)[C@@H]1CCCN(C(=O)C(C)(C)C#N)C1.CC(C)[C@@H]1CCCN(C(=O)CC#N)C1.CC(C)[C@@H]1CCCN(C(=O)CC(F)(F)F)C1. The third-order valence-corrected chi connectivity index (χ3v) is 35.8. The molecule has 12 rings (SSSR count). The van der Waals surface area contributed by atoms with Gasteiger partial charge in [-0.2, -0.15) is 52.7 Å². The Labute approximate surface area is 909 Å². The van der Waals surface area contributed by atoms with Crippen LogP contribution in [0.3, 0.4) is 0 Å². The maximum Gasteiger partial charge on any atom is 0.443 e. The zero-order valence-corrected chi connectivity index (χ0v) is 100. The van der Waals surface area contributed by atoms with E-state index in [-0.39, 0.29) is 35.8 Å². The number of aromatic nitrogens is 1. The molecular formula is C123H215F6N13O6S. The largest absolute Gasteiger partial charge is 0.460 e. The summed E-state index contributed by atoms with van der Waals surface area (Å²) in [5, 5.41) is 44.0. The molecule has 0 bridgehead atoms. The van der Waals surface area contributed by atoms with Crippen molar-refractivity contribution in [2.45, 2.75) is 481 Å². The topological polar surface area (TPSA) is 272 Å². The molecule has 0 aromatic carbocycles. The molecule has 1 aromatic rings. The van der Waals surface area contributed by atoms with Crippen molar-refractivity contribution < 1.29 is 55.1 Å². The van der Waals surface area contributed by atoms with Crippen molar-refractivity contribution in [3.05, 3.63) is 16.1 Å². The summed E-state index contributed by atoms with van der Waals surface area (Å²) in [5.74, 6) is 14.7. The standard InChI is InChI=1S/C15H28O2.C14H21F3N2S.C14H26N2O.C13H22N2O.2C13H23N.C11H18F3NO.C11H18N2O.C11H19N.C8H17N/c1-11(2)13-8-6-12(7-9-13)10-14(16)17-15(3,4)5;1-13(2,3)10-4-6-19(7-5-10)8-11-9-20-12(18-11)14(15,16)17;1-11(2)12-6-9-16(10-7-12)14(17)13-5-4-8-15(13)3;1-10(2)11-6-5-7-15(8-11)12(16)13(3,4)9-14;1-13(2,3)12-8-7-11(10-12)6-4-5-9-14;1-11(2)13-8-6-12(7-9-13)5-3-4-10-14;1-8(2)9-4-3-5-15(7-9)10(16)6-11(12,13)14;1-9(2)10-4-3-7-13(8-10)11(14)5-6-12;1-11(2,3)10-6-4-5-9(7-10)8-12;1-6(2)7-3-4-8(9)5-7/h11-13H,6-10H2,1-5H3;9-10H,4-8H2,1-3H3;11-13H,4-10H2,1-3H3;10-11H,5-8H2,1-4H3;11-12H,4-8,10H2,1-3H3;11-13H,3-9H2,1-2H3;8-9H,3-7H2,1-2H3;9-10H,3-5,7-8H2,1-2H3;9-10H,4-7H2,1-3H3;6-8H,3-5,9H2,1-2H3/t;;13-;11-;;;9-;10-;;/m..01..11../s1. The molecule has 5 saturated carbocycles. The normalized spacial score (nSPS) is 25.5. The van der Waals surface area contributed by atoms with Gasteiger partial charge >= 0.3 is 18.3 Å². The lowest BCUT2D eigenvalue weighted by Gasteiger charge is -2.38. The van der Waals surface area contributed by atoms with Gasteiger partial charge in [0.2, 0.25) is 23.6 Å². The number of alkyl halides is 6. The first-order chi connectivity index (χ1) is 69.4. The van der Waals surface area contributed by atoms with Gasteiger partial charge in [-0.1, -0.05) is 185 Å². The molecule has 10 atom stereocenters. The number of carbonyl (C=O) groups excluding carboxylic acids is 5. The highest BCUT2D eigenvalue weighted by atomic mass is 32.1. The Balaban J connectivity index is 0.000000427. The summed E-state index contributed by atoms with van der Waals surface area (Å²) in [5.41, 5.74) is 6.29. The Bertz CT molecular complexity index is 4130. The van der Waals surface area contributed by atoms with Gasteiger partial charge < -0.3 is 30.1 Å². The molecule has 26 heteroatoms. The van der Waals surface area contributed by atoms with E-state index in [1.807, 2.05) is 50.5 Å². The van der Waals surface area contributed by atoms with Crippen molar-refractivity contribution in [2.75, 3.05) is 79.0 Å². The van der Waals surface area contributed by atoms with Crippen LogP contribution in [0.25, 0.3) is 0 Å². The van der Waals surface area contributed by atoms with Crippen molar-refractivity contribution in [1.29, 1.82) is 26.3 Å². The van der Waals surface area contributed by atoms with Crippen LogP contribution in [0.1, 0.15) is 455 Å². The van der Waals surface area contributed by atoms with Crippen LogP contribution in [-0.2, 0) is 41.4 Å². The number of thiazole rings is 1. The minimum atomic E-state index is -4.39. The summed E-state index contributed by atoms with van der Waals surface area (Å²) in [4.78, 5) is 74.4. The van der Waals surface area contributed by atoms with E-state index in [1.54, 1.807) is 13.8 Å². The number of likely N-dealkylation sites (tertiary alicyclic amines) is 6. The lowest BCUT2D eigenvalue weighted by molar-refractivity contribution is -0.163. The summed E-state index contributed by atoms with van der Waals surface area (Å²) >= 11 is 0.687. The van der Waals surface area contributed by atoms with Gasteiger partial charge in [-0.25, -0.2) is 4.98 Å². The number of carbonyl (C=O) groups is 5. The monoisotopic (exact) mass is 2120 g/mol. The van der Waals surface area contributed by atoms with Crippen LogP contribution >= 0.6 is 11.3 Å². The number of nitrogens with zero attached hydrogens (tertiary/aromatic N) is 12. The van der Waals surface area contributed by atoms with E-state index in [0.29, 0.717) is 125 Å². The predicted octanol–water partition coefficient (Wildman–Crippen LogP) is 31.1. The van der Waals surface area contributed by atoms with E-state index in [9.17, 15) is 50.3 Å². The number of piperidine rings is 5. The highest BCUT2D eigenvalue weighted by Crippen LogP contribution is 2.46. The second-order valence-corrected chi connectivity index (χ2v) is 54.5. The van der Waals surface area contributed by atoms with Gasteiger partial charge in [-0.15, -0.1) is 11.3 Å². The Morgan fingerprint density at radius 2 is 0.866 bits per heavy atom. The molecular weight excluding hydrogens is 1900 g/mol. The quantitative estimate of drug-likeness (QED) is 0.0681. The molecule has 5 aliphatic carbocycles. The third kappa shape index (κ3) is 54.9. The van der Waals surface area contributed by atoms with Crippen LogP contribution in [0, 0.1) is 203 Å². The van der Waals surface area contributed by atoms with Crippen molar-refractivity contribution in [2.24, 2.45) is 152 Å². The van der Waals surface area contributed by atoms with Crippen LogP contribution < -0.4 is 5.73 Å².